The van der Waals surface area contributed by atoms with Gasteiger partial charge in [0.1, 0.15) is 11.7 Å². The van der Waals surface area contributed by atoms with Gasteiger partial charge in [0, 0.05) is 19.3 Å². The van der Waals surface area contributed by atoms with E-state index in [1.807, 2.05) is 6.92 Å². The van der Waals surface area contributed by atoms with Crippen LogP contribution in [0, 0.1) is 10.1 Å². The molecule has 14 nitrogen and oxygen atoms in total. The molecule has 0 saturated carbocycles. The predicted molar refractivity (Wildman–Crippen MR) is 120 cm³/mol. The van der Waals surface area contributed by atoms with Gasteiger partial charge in [-0.05, 0) is 25.8 Å². The van der Waals surface area contributed by atoms with Gasteiger partial charge in [-0.1, -0.05) is 13.3 Å². The molecule has 3 rings (SSSR count). The molecule has 34 heavy (non-hydrogen) atoms. The summed E-state index contributed by atoms with van der Waals surface area (Å²) < 4.78 is 10.8. The predicted octanol–water partition coefficient (Wildman–Crippen LogP) is 1.15. The van der Waals surface area contributed by atoms with Crippen LogP contribution < -0.4 is 15.4 Å². The number of carbonyl (C=O) groups excluding carboxylic acids is 2. The normalized spacial score (nSPS) is 16.1. The first-order valence-electron chi connectivity index (χ1n) is 11.0. The maximum absolute atomic E-state index is 13.0. The van der Waals surface area contributed by atoms with E-state index in [9.17, 15) is 19.7 Å². The van der Waals surface area contributed by atoms with Gasteiger partial charge in [-0.3, -0.25) is 20.0 Å². The van der Waals surface area contributed by atoms with Crippen LogP contribution in [0.15, 0.2) is 12.3 Å². The monoisotopic (exact) mass is 476 g/mol. The van der Waals surface area contributed by atoms with Gasteiger partial charge >= 0.3 is 17.7 Å². The Kier molecular flexibility index (Phi) is 8.16. The maximum atomic E-state index is 13.0. The van der Waals surface area contributed by atoms with Gasteiger partial charge in [-0.2, -0.15) is 15.1 Å². The number of nitro groups is 1. The van der Waals surface area contributed by atoms with Crippen LogP contribution in [0.5, 0.6) is 6.01 Å². The second-order valence-electron chi connectivity index (χ2n) is 7.55. The minimum absolute atomic E-state index is 0.0857. The van der Waals surface area contributed by atoms with Gasteiger partial charge in [0.25, 0.3) is 5.91 Å². The lowest BCUT2D eigenvalue weighted by Gasteiger charge is -2.30. The molecular formula is C20H28N8O6. The lowest BCUT2D eigenvalue weighted by Crippen LogP contribution is -2.49. The summed E-state index contributed by atoms with van der Waals surface area (Å²) in [5, 5.41) is 18.4. The number of anilines is 2. The van der Waals surface area contributed by atoms with Gasteiger partial charge in [-0.25, -0.2) is 4.79 Å². The van der Waals surface area contributed by atoms with E-state index in [4.69, 9.17) is 15.2 Å². The summed E-state index contributed by atoms with van der Waals surface area (Å²) in [6.07, 6.45) is 3.52. The van der Waals surface area contributed by atoms with Crippen molar-refractivity contribution in [2.45, 2.75) is 39.2 Å². The van der Waals surface area contributed by atoms with Gasteiger partial charge < -0.3 is 25.0 Å². The quantitative estimate of drug-likeness (QED) is 0.229. The lowest BCUT2D eigenvalue weighted by molar-refractivity contribution is -0.383. The van der Waals surface area contributed by atoms with Crippen molar-refractivity contribution in [3.05, 3.63) is 28.1 Å². The Balaban J connectivity index is 2.01. The molecule has 1 fully saturated rings. The number of nitrogens with zero attached hydrogens (tertiary/aromatic N) is 6. The van der Waals surface area contributed by atoms with Crippen molar-refractivity contribution in [1.82, 2.24) is 25.1 Å². The van der Waals surface area contributed by atoms with Crippen molar-refractivity contribution < 1.29 is 24.0 Å². The van der Waals surface area contributed by atoms with Crippen LogP contribution in [-0.2, 0) is 9.53 Å². The third-order valence-corrected chi connectivity index (χ3v) is 5.22. The van der Waals surface area contributed by atoms with Crippen molar-refractivity contribution in [3.63, 3.8) is 0 Å². The lowest BCUT2D eigenvalue weighted by atomic mass is 10.2. The fourth-order valence-corrected chi connectivity index (χ4v) is 3.59. The number of hydrogen-bond acceptors (Lipinski definition) is 11. The number of carbonyl (C=O) groups is 2. The van der Waals surface area contributed by atoms with Crippen molar-refractivity contribution in [2.24, 2.45) is 0 Å². The molecule has 1 aliphatic rings. The third kappa shape index (κ3) is 5.50. The molecule has 1 atom stereocenters. The highest BCUT2D eigenvalue weighted by molar-refractivity contribution is 5.93. The Bertz CT molecular complexity index is 1010. The molecule has 1 amide bonds. The van der Waals surface area contributed by atoms with Crippen molar-refractivity contribution in [1.29, 1.82) is 0 Å². The molecule has 3 N–H and O–H groups in total. The number of aromatic nitrogens is 4. The molecule has 14 heteroatoms. The van der Waals surface area contributed by atoms with Gasteiger partial charge in [0.05, 0.1) is 24.7 Å². The highest BCUT2D eigenvalue weighted by Gasteiger charge is 2.39. The van der Waals surface area contributed by atoms with Crippen LogP contribution in [-0.4, -0.2) is 80.8 Å². The average Bonchev–Trinajstić information content (AvgIpc) is 3.24. The first-order chi connectivity index (χ1) is 16.4. The first kappa shape index (κ1) is 24.7. The summed E-state index contributed by atoms with van der Waals surface area (Å²) in [4.78, 5) is 48.1. The molecule has 2 aromatic heterocycles. The Morgan fingerprint density at radius 1 is 1.32 bits per heavy atom. The fraction of sp³-hybridized carbons (Fsp3) is 0.550. The van der Waals surface area contributed by atoms with E-state index in [2.05, 4.69) is 20.2 Å². The summed E-state index contributed by atoms with van der Waals surface area (Å²) in [6, 6.07) is 0.338. The van der Waals surface area contributed by atoms with Gasteiger partial charge in [0.15, 0.2) is 0 Å². The van der Waals surface area contributed by atoms with E-state index in [1.54, 1.807) is 6.92 Å². The number of esters is 1. The zero-order valence-corrected chi connectivity index (χ0v) is 19.1. The number of aromatic amines is 1. The zero-order chi connectivity index (χ0) is 24.7. The molecule has 0 radical (unpaired) electrons. The Morgan fingerprint density at radius 3 is 2.76 bits per heavy atom. The summed E-state index contributed by atoms with van der Waals surface area (Å²) in [7, 11) is 0. The summed E-state index contributed by atoms with van der Waals surface area (Å²) in [5.74, 6) is -1.56. The second-order valence-corrected chi connectivity index (χ2v) is 7.55. The van der Waals surface area contributed by atoms with Crippen molar-refractivity contribution >= 4 is 29.2 Å². The first-order valence-corrected chi connectivity index (χ1v) is 11.0. The van der Waals surface area contributed by atoms with Gasteiger partial charge in [-0.15, -0.1) is 0 Å². The summed E-state index contributed by atoms with van der Waals surface area (Å²) >= 11 is 0. The number of unbranched alkanes of at least 4 members (excludes halogenated alkanes) is 1. The largest absolute Gasteiger partial charge is 0.464 e. The minimum atomic E-state index is -1.07. The number of ether oxygens (including phenoxy) is 2. The molecule has 2 aromatic rings. The molecule has 1 aliphatic heterocycles. The third-order valence-electron chi connectivity index (χ3n) is 5.22. The number of H-pyrrole nitrogens is 1. The second kappa shape index (κ2) is 11.2. The van der Waals surface area contributed by atoms with Gasteiger partial charge in [0.2, 0.25) is 11.6 Å². The zero-order valence-electron chi connectivity index (χ0n) is 19.1. The highest BCUT2D eigenvalue weighted by atomic mass is 16.6. The Hall–Kier alpha value is -3.97. The molecule has 1 saturated heterocycles. The molecule has 0 spiro atoms. The van der Waals surface area contributed by atoms with Crippen LogP contribution in [0.1, 0.15) is 43.6 Å². The maximum Gasteiger partial charge on any atom is 0.353 e. The number of nitrogens with one attached hydrogen (secondary N) is 1. The van der Waals surface area contributed by atoms with E-state index < -0.39 is 22.6 Å². The number of amides is 1. The van der Waals surface area contributed by atoms with Crippen LogP contribution >= 0.6 is 0 Å². The number of hydrogen-bond donors (Lipinski definition) is 2. The number of nitrogen functional groups attached to an aromatic ring is 1. The smallest absolute Gasteiger partial charge is 0.353 e. The van der Waals surface area contributed by atoms with E-state index >= 15 is 0 Å². The average molecular weight is 476 g/mol. The van der Waals surface area contributed by atoms with E-state index in [0.29, 0.717) is 19.6 Å². The number of rotatable bonds is 9. The summed E-state index contributed by atoms with van der Waals surface area (Å²) in [5.41, 5.74) is 5.56. The van der Waals surface area contributed by atoms with Crippen LogP contribution in [0.3, 0.4) is 0 Å². The number of nitrogens with two attached hydrogens (primary N) is 1. The van der Waals surface area contributed by atoms with Crippen molar-refractivity contribution in [3.8, 4) is 6.01 Å². The molecule has 0 bridgehead atoms. The molecule has 184 valence electrons. The SMILES string of the molecule is CCCCOc1nc(N)c([N+](=O)[O-])c(N2CCCN(C(=O)c3cc[nH]n3)CC2C(=O)OCC)n1. The topological polar surface area (TPSA) is 183 Å². The Morgan fingerprint density at radius 2 is 2.12 bits per heavy atom. The van der Waals surface area contributed by atoms with E-state index in [0.717, 1.165) is 12.8 Å². The molecular weight excluding hydrogens is 448 g/mol. The van der Waals surface area contributed by atoms with Crippen LogP contribution in [0.4, 0.5) is 17.3 Å². The molecule has 1 unspecified atom stereocenters. The van der Waals surface area contributed by atoms with E-state index in [1.165, 1.54) is 22.1 Å². The molecule has 3 heterocycles. The van der Waals surface area contributed by atoms with E-state index in [-0.39, 0.29) is 48.9 Å². The van der Waals surface area contributed by atoms with Crippen LogP contribution in [0.2, 0.25) is 0 Å². The highest BCUT2D eigenvalue weighted by Crippen LogP contribution is 2.35. The van der Waals surface area contributed by atoms with Crippen molar-refractivity contribution in [2.75, 3.05) is 43.5 Å². The molecule has 0 aromatic carbocycles. The minimum Gasteiger partial charge on any atom is -0.464 e. The molecule has 0 aliphatic carbocycles. The standard InChI is InChI=1S/C20H28N8O6/c1-3-5-11-34-20-23-16(21)15(28(31)32)17(24-20)27-10-6-9-26(12-14(27)19(30)33-4-2)18(29)13-7-8-22-25-13/h7-8,14H,3-6,9-12H2,1-2H3,(H,22,25)(H2,21,23,24). The van der Waals surface area contributed by atoms with Crippen LogP contribution in [0.25, 0.3) is 0 Å². The fourth-order valence-electron chi connectivity index (χ4n) is 3.59. The Labute approximate surface area is 195 Å². The summed E-state index contributed by atoms with van der Waals surface area (Å²) in [6.45, 7) is 4.42.